The van der Waals surface area contributed by atoms with Gasteiger partial charge in [0.2, 0.25) is 0 Å². The molecule has 0 spiro atoms. The largest absolute Gasteiger partial charge is 0.311 e. The van der Waals surface area contributed by atoms with Gasteiger partial charge in [0.25, 0.3) is 0 Å². The SMILES string of the molecule is c1ccc(-c2ccc(N(c3ccc(-c4ccccc4)cc3)c3ccc(C4CC5CCC4C5)cc3)cc2)cc1. The molecule has 186 valence electrons. The van der Waals surface area contributed by atoms with Crippen molar-refractivity contribution in [2.75, 3.05) is 4.90 Å². The molecule has 1 nitrogen and oxygen atoms in total. The minimum atomic E-state index is 0.756. The van der Waals surface area contributed by atoms with Gasteiger partial charge in [0, 0.05) is 17.1 Å². The van der Waals surface area contributed by atoms with Gasteiger partial charge in [0.05, 0.1) is 0 Å². The molecule has 0 radical (unpaired) electrons. The highest BCUT2D eigenvalue weighted by molar-refractivity contribution is 5.79. The summed E-state index contributed by atoms with van der Waals surface area (Å²) in [5.74, 6) is 2.62. The number of rotatable bonds is 6. The fourth-order valence-corrected chi connectivity index (χ4v) is 6.84. The third kappa shape index (κ3) is 4.43. The lowest BCUT2D eigenvalue weighted by Gasteiger charge is -2.27. The molecule has 3 atom stereocenters. The van der Waals surface area contributed by atoms with Crippen LogP contribution in [0.15, 0.2) is 133 Å². The molecular weight excluding hydrogens is 458 g/mol. The summed E-state index contributed by atoms with van der Waals surface area (Å²) in [5, 5.41) is 0. The molecule has 0 aliphatic heterocycles. The third-order valence-corrected chi connectivity index (χ3v) is 8.78. The molecule has 7 rings (SSSR count). The van der Waals surface area contributed by atoms with Gasteiger partial charge < -0.3 is 4.90 Å². The first-order valence-electron chi connectivity index (χ1n) is 14.0. The second kappa shape index (κ2) is 9.99. The zero-order chi connectivity index (χ0) is 25.3. The van der Waals surface area contributed by atoms with E-state index < -0.39 is 0 Å². The van der Waals surface area contributed by atoms with Crippen LogP contribution in [0.4, 0.5) is 17.1 Å². The van der Waals surface area contributed by atoms with Crippen molar-refractivity contribution in [1.82, 2.24) is 0 Å². The summed E-state index contributed by atoms with van der Waals surface area (Å²) in [4.78, 5) is 2.38. The van der Waals surface area contributed by atoms with E-state index in [1.54, 1.807) is 0 Å². The molecule has 2 fully saturated rings. The monoisotopic (exact) mass is 491 g/mol. The highest BCUT2D eigenvalue weighted by Crippen LogP contribution is 2.53. The number of nitrogens with zero attached hydrogens (tertiary/aromatic N) is 1. The van der Waals surface area contributed by atoms with E-state index in [0.29, 0.717) is 0 Å². The topological polar surface area (TPSA) is 3.24 Å². The van der Waals surface area contributed by atoms with Crippen LogP contribution in [0.3, 0.4) is 0 Å². The van der Waals surface area contributed by atoms with Gasteiger partial charge >= 0.3 is 0 Å². The van der Waals surface area contributed by atoms with Crippen LogP contribution in [0.1, 0.15) is 37.2 Å². The van der Waals surface area contributed by atoms with Gasteiger partial charge in [-0.3, -0.25) is 0 Å². The Bertz CT molecular complexity index is 1400. The van der Waals surface area contributed by atoms with E-state index >= 15 is 0 Å². The van der Waals surface area contributed by atoms with Crippen LogP contribution in [0.25, 0.3) is 22.3 Å². The Kier molecular flexibility index (Phi) is 6.06. The smallest absolute Gasteiger partial charge is 0.0462 e. The predicted octanol–water partition coefficient (Wildman–Crippen LogP) is 10.4. The van der Waals surface area contributed by atoms with Gasteiger partial charge in [-0.1, -0.05) is 103 Å². The van der Waals surface area contributed by atoms with Gasteiger partial charge in [0.15, 0.2) is 0 Å². The van der Waals surface area contributed by atoms with Crippen molar-refractivity contribution >= 4 is 17.1 Å². The molecular formula is C37H33N. The fourth-order valence-electron chi connectivity index (χ4n) is 6.84. The first-order valence-corrected chi connectivity index (χ1v) is 14.0. The van der Waals surface area contributed by atoms with Gasteiger partial charge in [-0.2, -0.15) is 0 Å². The van der Waals surface area contributed by atoms with Crippen LogP contribution in [-0.4, -0.2) is 0 Å². The lowest BCUT2D eigenvalue weighted by atomic mass is 9.83. The zero-order valence-corrected chi connectivity index (χ0v) is 21.7. The molecule has 3 unspecified atom stereocenters. The maximum Gasteiger partial charge on any atom is 0.0462 e. The minimum absolute atomic E-state index is 0.756. The first kappa shape index (κ1) is 23.0. The van der Waals surface area contributed by atoms with E-state index in [1.807, 2.05) is 0 Å². The number of fused-ring (bicyclic) bond motifs is 2. The second-order valence-electron chi connectivity index (χ2n) is 11.0. The summed E-state index contributed by atoms with van der Waals surface area (Å²) in [6.45, 7) is 0. The average Bonchev–Trinajstić information content (AvgIpc) is 3.64. The van der Waals surface area contributed by atoms with Gasteiger partial charge in [-0.25, -0.2) is 0 Å². The molecule has 2 aliphatic rings. The average molecular weight is 492 g/mol. The molecule has 0 N–H and O–H groups in total. The summed E-state index contributed by atoms with van der Waals surface area (Å²) < 4.78 is 0. The van der Waals surface area contributed by atoms with E-state index in [2.05, 4.69) is 138 Å². The molecule has 5 aromatic carbocycles. The van der Waals surface area contributed by atoms with Gasteiger partial charge in [-0.15, -0.1) is 0 Å². The quantitative estimate of drug-likeness (QED) is 0.228. The standard InChI is InChI=1S/C37H33N/c1-3-7-28(8-4-1)30-13-19-34(20-14-30)38(35-21-15-31(16-22-35)29-9-5-2-6-10-29)36-23-17-32(18-24-36)37-26-27-11-12-33(37)25-27/h1-10,13-24,27,33,37H,11-12,25-26H2. The van der Waals surface area contributed by atoms with Crippen LogP contribution < -0.4 is 4.90 Å². The lowest BCUT2D eigenvalue weighted by Crippen LogP contribution is -2.11. The summed E-state index contributed by atoms with van der Waals surface area (Å²) in [7, 11) is 0. The van der Waals surface area contributed by atoms with Crippen LogP contribution in [0.5, 0.6) is 0 Å². The molecule has 5 aromatic rings. The lowest BCUT2D eigenvalue weighted by molar-refractivity contribution is 0.420. The van der Waals surface area contributed by atoms with Crippen molar-refractivity contribution < 1.29 is 0 Å². The van der Waals surface area contributed by atoms with Crippen LogP contribution in [0, 0.1) is 11.8 Å². The van der Waals surface area contributed by atoms with Crippen molar-refractivity contribution in [3.05, 3.63) is 139 Å². The molecule has 2 saturated carbocycles. The molecule has 0 saturated heterocycles. The van der Waals surface area contributed by atoms with E-state index in [0.717, 1.165) is 17.8 Å². The Hall–Kier alpha value is -4.10. The van der Waals surface area contributed by atoms with Crippen molar-refractivity contribution in [2.24, 2.45) is 11.8 Å². The van der Waals surface area contributed by atoms with Crippen molar-refractivity contribution in [3.8, 4) is 22.3 Å². The highest BCUT2D eigenvalue weighted by Gasteiger charge is 2.40. The summed E-state index contributed by atoms with van der Waals surface area (Å²) in [6, 6.07) is 48.6. The maximum absolute atomic E-state index is 2.39. The number of hydrogen-bond acceptors (Lipinski definition) is 1. The Labute approximate surface area is 226 Å². The second-order valence-corrected chi connectivity index (χ2v) is 11.0. The van der Waals surface area contributed by atoms with E-state index in [9.17, 15) is 0 Å². The molecule has 38 heavy (non-hydrogen) atoms. The minimum Gasteiger partial charge on any atom is -0.311 e. The maximum atomic E-state index is 2.39. The van der Waals surface area contributed by atoms with E-state index in [-0.39, 0.29) is 0 Å². The highest BCUT2D eigenvalue weighted by atomic mass is 15.1. The molecule has 1 heteroatoms. The van der Waals surface area contributed by atoms with Crippen LogP contribution in [0.2, 0.25) is 0 Å². The van der Waals surface area contributed by atoms with Crippen LogP contribution >= 0.6 is 0 Å². The van der Waals surface area contributed by atoms with E-state index in [4.69, 9.17) is 0 Å². The molecule has 0 amide bonds. The molecule has 0 heterocycles. The molecule has 0 aromatic heterocycles. The number of benzene rings is 5. The zero-order valence-electron chi connectivity index (χ0n) is 21.7. The number of anilines is 3. The summed E-state index contributed by atoms with van der Waals surface area (Å²) >= 11 is 0. The van der Waals surface area contributed by atoms with Gasteiger partial charge in [-0.05, 0) is 101 Å². The van der Waals surface area contributed by atoms with Crippen molar-refractivity contribution in [3.63, 3.8) is 0 Å². The third-order valence-electron chi connectivity index (χ3n) is 8.78. The van der Waals surface area contributed by atoms with Crippen LogP contribution in [-0.2, 0) is 0 Å². The summed E-state index contributed by atoms with van der Waals surface area (Å²) in [5.41, 5.74) is 10.0. The van der Waals surface area contributed by atoms with Crippen molar-refractivity contribution in [1.29, 1.82) is 0 Å². The summed E-state index contributed by atoms with van der Waals surface area (Å²) in [6.07, 6.45) is 5.70. The Morgan fingerprint density at radius 3 is 1.29 bits per heavy atom. The predicted molar refractivity (Wildman–Crippen MR) is 160 cm³/mol. The van der Waals surface area contributed by atoms with E-state index in [1.165, 1.54) is 70.6 Å². The fraction of sp³-hybridized carbons (Fsp3) is 0.189. The van der Waals surface area contributed by atoms with Gasteiger partial charge in [0.1, 0.15) is 0 Å². The molecule has 2 aliphatic carbocycles. The molecule has 2 bridgehead atoms. The Morgan fingerprint density at radius 2 is 0.868 bits per heavy atom. The van der Waals surface area contributed by atoms with Crippen molar-refractivity contribution in [2.45, 2.75) is 31.6 Å². The Balaban J connectivity index is 1.24. The normalized spacial score (nSPS) is 19.9. The Morgan fingerprint density at radius 1 is 0.421 bits per heavy atom. The first-order chi connectivity index (χ1) is 18.8. The number of hydrogen-bond donors (Lipinski definition) is 0.